The molecule has 0 radical (unpaired) electrons. The standard InChI is InChI=1S/C16H24N2O3/c1-11(2)14-10-18(15(19)21-16(3,4)5)9-12-13(20-14)7-6-8-17-12/h6-8,11,14H,9-10H2,1-5H3. The fourth-order valence-electron chi connectivity index (χ4n) is 2.12. The van der Waals surface area contributed by atoms with Crippen molar-refractivity contribution >= 4 is 6.09 Å². The predicted molar refractivity (Wildman–Crippen MR) is 80.1 cm³/mol. The van der Waals surface area contributed by atoms with E-state index in [1.807, 2.05) is 32.9 Å². The molecule has 1 aromatic heterocycles. The fourth-order valence-corrected chi connectivity index (χ4v) is 2.12. The third-order valence-corrected chi connectivity index (χ3v) is 3.26. The van der Waals surface area contributed by atoms with Crippen molar-refractivity contribution in [1.82, 2.24) is 9.88 Å². The Hall–Kier alpha value is -1.78. The van der Waals surface area contributed by atoms with Crippen LogP contribution < -0.4 is 4.74 Å². The summed E-state index contributed by atoms with van der Waals surface area (Å²) < 4.78 is 11.5. The summed E-state index contributed by atoms with van der Waals surface area (Å²) in [5.74, 6) is 1.04. The number of hydrogen-bond acceptors (Lipinski definition) is 4. The lowest BCUT2D eigenvalue weighted by molar-refractivity contribution is 0.0147. The summed E-state index contributed by atoms with van der Waals surface area (Å²) in [5.41, 5.74) is 0.261. The van der Waals surface area contributed by atoms with Crippen molar-refractivity contribution in [3.05, 3.63) is 24.0 Å². The smallest absolute Gasteiger partial charge is 0.410 e. The summed E-state index contributed by atoms with van der Waals surface area (Å²) in [6, 6.07) is 3.75. The molecule has 1 atom stereocenters. The number of aromatic nitrogens is 1. The van der Waals surface area contributed by atoms with Gasteiger partial charge < -0.3 is 9.47 Å². The van der Waals surface area contributed by atoms with Gasteiger partial charge >= 0.3 is 6.09 Å². The maximum atomic E-state index is 12.4. The molecule has 116 valence electrons. The maximum absolute atomic E-state index is 12.4. The minimum atomic E-state index is -0.509. The summed E-state index contributed by atoms with van der Waals surface area (Å²) in [4.78, 5) is 18.4. The van der Waals surface area contributed by atoms with Crippen molar-refractivity contribution in [1.29, 1.82) is 0 Å². The Morgan fingerprint density at radius 3 is 2.81 bits per heavy atom. The number of hydrogen-bond donors (Lipinski definition) is 0. The molecule has 0 saturated carbocycles. The second-order valence-corrected chi connectivity index (χ2v) is 6.71. The third kappa shape index (κ3) is 4.09. The van der Waals surface area contributed by atoms with Gasteiger partial charge in [-0.25, -0.2) is 4.79 Å². The van der Waals surface area contributed by atoms with E-state index < -0.39 is 5.60 Å². The lowest BCUT2D eigenvalue weighted by atomic mass is 10.1. The third-order valence-electron chi connectivity index (χ3n) is 3.26. The van der Waals surface area contributed by atoms with Gasteiger partial charge in [0.25, 0.3) is 0 Å². The van der Waals surface area contributed by atoms with Gasteiger partial charge in [0, 0.05) is 6.20 Å². The van der Waals surface area contributed by atoms with E-state index in [0.29, 0.717) is 19.0 Å². The predicted octanol–water partition coefficient (Wildman–Crippen LogP) is 3.24. The number of pyridine rings is 1. The molecule has 1 amide bonds. The molecule has 2 rings (SSSR count). The Morgan fingerprint density at radius 2 is 2.19 bits per heavy atom. The highest BCUT2D eigenvalue weighted by atomic mass is 16.6. The van der Waals surface area contributed by atoms with Gasteiger partial charge in [-0.1, -0.05) is 13.8 Å². The molecule has 1 aliphatic heterocycles. The molecule has 0 aromatic carbocycles. The number of fused-ring (bicyclic) bond motifs is 1. The molecule has 1 unspecified atom stereocenters. The molecule has 0 N–H and O–H groups in total. The Labute approximate surface area is 126 Å². The van der Waals surface area contributed by atoms with E-state index in [-0.39, 0.29) is 12.2 Å². The molecule has 0 aliphatic carbocycles. The molecule has 21 heavy (non-hydrogen) atoms. The van der Waals surface area contributed by atoms with E-state index in [0.717, 1.165) is 11.4 Å². The summed E-state index contributed by atoms with van der Waals surface area (Å²) >= 11 is 0. The van der Waals surface area contributed by atoms with Crippen LogP contribution in [0.25, 0.3) is 0 Å². The van der Waals surface area contributed by atoms with Gasteiger partial charge in [0.05, 0.1) is 13.1 Å². The lowest BCUT2D eigenvalue weighted by Gasteiger charge is -2.28. The maximum Gasteiger partial charge on any atom is 0.410 e. The first-order chi connectivity index (χ1) is 9.76. The van der Waals surface area contributed by atoms with E-state index in [1.165, 1.54) is 0 Å². The zero-order valence-corrected chi connectivity index (χ0v) is 13.4. The second kappa shape index (κ2) is 5.92. The highest BCUT2D eigenvalue weighted by Gasteiger charge is 2.31. The zero-order chi connectivity index (χ0) is 15.6. The van der Waals surface area contributed by atoms with Crippen LogP contribution in [0.2, 0.25) is 0 Å². The monoisotopic (exact) mass is 292 g/mol. The van der Waals surface area contributed by atoms with Gasteiger partial charge in [-0.3, -0.25) is 9.88 Å². The molecule has 1 aliphatic rings. The van der Waals surface area contributed by atoms with Crippen LogP contribution >= 0.6 is 0 Å². The Morgan fingerprint density at radius 1 is 1.48 bits per heavy atom. The van der Waals surface area contributed by atoms with E-state index in [4.69, 9.17) is 9.47 Å². The summed E-state index contributed by atoms with van der Waals surface area (Å²) in [7, 11) is 0. The quantitative estimate of drug-likeness (QED) is 0.797. The number of amides is 1. The first kappa shape index (κ1) is 15.6. The van der Waals surface area contributed by atoms with Crippen LogP contribution in [0.4, 0.5) is 4.79 Å². The number of nitrogens with zero attached hydrogens (tertiary/aromatic N) is 2. The van der Waals surface area contributed by atoms with E-state index >= 15 is 0 Å². The van der Waals surface area contributed by atoms with Gasteiger partial charge in [-0.15, -0.1) is 0 Å². The minimum absolute atomic E-state index is 0.0667. The molecule has 1 aromatic rings. The first-order valence-electron chi connectivity index (χ1n) is 7.35. The molecule has 2 heterocycles. The number of ether oxygens (including phenoxy) is 2. The summed E-state index contributed by atoms with van der Waals surface area (Å²) in [6.07, 6.45) is 1.32. The highest BCUT2D eigenvalue weighted by molar-refractivity contribution is 5.68. The number of carbonyl (C=O) groups excluding carboxylic acids is 1. The molecular formula is C16H24N2O3. The van der Waals surface area contributed by atoms with Crippen LogP contribution in [0.1, 0.15) is 40.3 Å². The van der Waals surface area contributed by atoms with Crippen LogP contribution in [-0.2, 0) is 11.3 Å². The largest absolute Gasteiger partial charge is 0.486 e. The van der Waals surface area contributed by atoms with Gasteiger partial charge in [-0.05, 0) is 38.8 Å². The van der Waals surface area contributed by atoms with Gasteiger partial charge in [0.1, 0.15) is 23.1 Å². The SMILES string of the molecule is CC(C)C1CN(C(=O)OC(C)(C)C)Cc2ncccc2O1. The van der Waals surface area contributed by atoms with E-state index in [9.17, 15) is 4.79 Å². The van der Waals surface area contributed by atoms with E-state index in [2.05, 4.69) is 18.8 Å². The zero-order valence-electron chi connectivity index (χ0n) is 13.4. The Kier molecular flexibility index (Phi) is 4.40. The second-order valence-electron chi connectivity index (χ2n) is 6.71. The van der Waals surface area contributed by atoms with Gasteiger partial charge in [-0.2, -0.15) is 0 Å². The Bertz CT molecular complexity index is 508. The molecule has 0 saturated heterocycles. The lowest BCUT2D eigenvalue weighted by Crippen LogP contribution is -2.42. The molecule has 5 nitrogen and oxygen atoms in total. The van der Waals surface area contributed by atoms with E-state index in [1.54, 1.807) is 11.1 Å². The average molecular weight is 292 g/mol. The van der Waals surface area contributed by atoms with Crippen LogP contribution in [0.3, 0.4) is 0 Å². The fraction of sp³-hybridized carbons (Fsp3) is 0.625. The molecule has 0 fully saturated rings. The van der Waals surface area contributed by atoms with Gasteiger partial charge in [0.15, 0.2) is 0 Å². The molecule has 5 heteroatoms. The minimum Gasteiger partial charge on any atom is -0.486 e. The summed E-state index contributed by atoms with van der Waals surface area (Å²) in [6.45, 7) is 10.7. The van der Waals surface area contributed by atoms with Crippen molar-refractivity contribution in [3.8, 4) is 5.75 Å². The number of rotatable bonds is 1. The van der Waals surface area contributed by atoms with Gasteiger partial charge in [0.2, 0.25) is 0 Å². The van der Waals surface area contributed by atoms with Crippen LogP contribution in [-0.4, -0.2) is 34.2 Å². The highest BCUT2D eigenvalue weighted by Crippen LogP contribution is 2.26. The topological polar surface area (TPSA) is 51.7 Å². The van der Waals surface area contributed by atoms with Crippen LogP contribution in [0.15, 0.2) is 18.3 Å². The van der Waals surface area contributed by atoms with Crippen molar-refractivity contribution < 1.29 is 14.3 Å². The molecule has 0 bridgehead atoms. The molecule has 0 spiro atoms. The normalized spacial score (nSPS) is 18.8. The summed E-state index contributed by atoms with van der Waals surface area (Å²) in [5, 5.41) is 0. The van der Waals surface area contributed by atoms with Crippen molar-refractivity contribution in [2.75, 3.05) is 6.54 Å². The molecular weight excluding hydrogens is 268 g/mol. The van der Waals surface area contributed by atoms with Crippen molar-refractivity contribution in [2.24, 2.45) is 5.92 Å². The van der Waals surface area contributed by atoms with Crippen molar-refractivity contribution in [3.63, 3.8) is 0 Å². The van der Waals surface area contributed by atoms with Crippen molar-refractivity contribution in [2.45, 2.75) is 52.9 Å². The number of carbonyl (C=O) groups is 1. The van der Waals surface area contributed by atoms with Crippen LogP contribution in [0, 0.1) is 5.92 Å². The van der Waals surface area contributed by atoms with Crippen LogP contribution in [0.5, 0.6) is 5.75 Å². The Balaban J connectivity index is 2.24. The average Bonchev–Trinajstić information content (AvgIpc) is 2.55. The first-order valence-corrected chi connectivity index (χ1v) is 7.35.